The van der Waals surface area contributed by atoms with Crippen LogP contribution < -0.4 is 15.3 Å². The normalized spacial score (nSPS) is 7.32. The van der Waals surface area contributed by atoms with E-state index in [1.54, 1.807) is 0 Å². The molecule has 1 aromatic heterocycles. The summed E-state index contributed by atoms with van der Waals surface area (Å²) in [6.07, 6.45) is 3.00. The zero-order valence-electron chi connectivity index (χ0n) is 13.2. The molecule has 0 saturated heterocycles. The van der Waals surface area contributed by atoms with Gasteiger partial charge in [0.05, 0.1) is 0 Å². The Balaban J connectivity index is -0.000000107. The Morgan fingerprint density at radius 1 is 0.955 bits per heavy atom. The molecular weight excluding hydrogens is 330 g/mol. The molecule has 0 spiro atoms. The second-order valence-electron chi connectivity index (χ2n) is 3.64. The first-order valence-electron chi connectivity index (χ1n) is 5.97. The predicted octanol–water partition coefficient (Wildman–Crippen LogP) is -1.78. The molecular formula is C14H20CrNO6. The zero-order valence-corrected chi connectivity index (χ0v) is 14.5. The van der Waals surface area contributed by atoms with E-state index in [9.17, 15) is 0 Å². The first-order chi connectivity index (χ1) is 9.52. The van der Waals surface area contributed by atoms with Gasteiger partial charge in [-0.05, 0) is 45.7 Å². The van der Waals surface area contributed by atoms with Crippen LogP contribution in [0, 0.1) is 6.92 Å². The van der Waals surface area contributed by atoms with Crippen molar-refractivity contribution in [1.29, 1.82) is 0 Å². The number of rotatable bonds is 1. The molecule has 1 rings (SSSR count). The third kappa shape index (κ3) is 51.9. The van der Waals surface area contributed by atoms with E-state index in [0.29, 0.717) is 0 Å². The molecule has 8 heteroatoms. The summed E-state index contributed by atoms with van der Waals surface area (Å²) in [7, 11) is 0. The third-order valence-electron chi connectivity index (χ3n) is 1.38. The molecule has 1 heterocycles. The van der Waals surface area contributed by atoms with E-state index in [4.69, 9.17) is 29.7 Å². The Bertz CT molecular complexity index is 379. The van der Waals surface area contributed by atoms with Crippen LogP contribution in [0.2, 0.25) is 0 Å². The second kappa shape index (κ2) is 19.1. The Labute approximate surface area is 141 Å². The molecule has 0 fully saturated rings. The minimum absolute atomic E-state index is 0. The Hall–Kier alpha value is -1.91. The van der Waals surface area contributed by atoms with Crippen molar-refractivity contribution in [3.05, 3.63) is 29.6 Å². The molecule has 1 aromatic rings. The van der Waals surface area contributed by atoms with Crippen molar-refractivity contribution in [2.75, 3.05) is 0 Å². The van der Waals surface area contributed by atoms with Crippen molar-refractivity contribution in [3.63, 3.8) is 0 Å². The summed E-state index contributed by atoms with van der Waals surface area (Å²) in [6.45, 7) is 7.05. The fraction of sp³-hybridized carbons (Fsp3) is 0.429. The Morgan fingerprint density at radius 3 is 1.45 bits per heavy atom. The molecule has 0 N–H and O–H groups in total. The van der Waals surface area contributed by atoms with Gasteiger partial charge in [-0.2, -0.15) is 0 Å². The molecule has 7 nitrogen and oxygen atoms in total. The molecule has 0 atom stereocenters. The van der Waals surface area contributed by atoms with Crippen molar-refractivity contribution < 1.29 is 47.1 Å². The van der Waals surface area contributed by atoms with Gasteiger partial charge in [0.25, 0.3) is 0 Å². The molecule has 1 radical (unpaired) electrons. The molecule has 22 heavy (non-hydrogen) atoms. The summed E-state index contributed by atoms with van der Waals surface area (Å²) in [5.41, 5.74) is 2.40. The van der Waals surface area contributed by atoms with Crippen LogP contribution >= 0.6 is 0 Å². The van der Waals surface area contributed by atoms with Gasteiger partial charge in [-0.1, -0.05) is 13.0 Å². The quantitative estimate of drug-likeness (QED) is 0.584. The summed E-state index contributed by atoms with van der Waals surface area (Å²) >= 11 is 0. The van der Waals surface area contributed by atoms with Crippen LogP contribution in [0.4, 0.5) is 0 Å². The van der Waals surface area contributed by atoms with Crippen LogP contribution in [0.5, 0.6) is 0 Å². The molecule has 123 valence electrons. The van der Waals surface area contributed by atoms with Crippen LogP contribution in [-0.2, 0) is 38.2 Å². The first kappa shape index (κ1) is 28.3. The number of hydrogen-bond donors (Lipinski definition) is 0. The van der Waals surface area contributed by atoms with Crippen LogP contribution in [0.15, 0.2) is 18.3 Å². The standard InChI is InChI=1S/C8H11N.3C2H4O2.Cr/c1-3-8-5-4-7(2)9-6-8;3*1-2(3)4;/h4-6H,3H2,1-2H3;3*1H3,(H,3,4);/q;;;;+3/p-3. The van der Waals surface area contributed by atoms with Gasteiger partial charge in [0.15, 0.2) is 0 Å². The molecule has 0 aliphatic heterocycles. The third-order valence-corrected chi connectivity index (χ3v) is 1.38. The molecule has 0 bridgehead atoms. The molecule has 0 aliphatic carbocycles. The Morgan fingerprint density at radius 2 is 1.27 bits per heavy atom. The van der Waals surface area contributed by atoms with Gasteiger partial charge in [-0.3, -0.25) is 4.98 Å². The average molecular weight is 350 g/mol. The van der Waals surface area contributed by atoms with Crippen LogP contribution in [-0.4, -0.2) is 22.9 Å². The number of carbonyl (C=O) groups is 3. The number of pyridine rings is 1. The van der Waals surface area contributed by atoms with Crippen molar-refractivity contribution in [1.82, 2.24) is 4.98 Å². The zero-order chi connectivity index (χ0) is 17.4. The number of carbonyl (C=O) groups excluding carboxylic acids is 3. The average Bonchev–Trinajstić information content (AvgIpc) is 2.27. The minimum Gasteiger partial charge on any atom is -0.550 e. The maximum atomic E-state index is 8.89. The number of aliphatic carboxylic acids is 3. The first-order valence-corrected chi connectivity index (χ1v) is 5.97. The summed E-state index contributed by atoms with van der Waals surface area (Å²) in [6, 6.07) is 4.15. The van der Waals surface area contributed by atoms with Gasteiger partial charge in [-0.25, -0.2) is 0 Å². The van der Waals surface area contributed by atoms with E-state index in [2.05, 4.69) is 18.0 Å². The van der Waals surface area contributed by atoms with Crippen molar-refractivity contribution in [3.8, 4) is 0 Å². The molecule has 0 amide bonds. The van der Waals surface area contributed by atoms with Gasteiger partial charge in [0.1, 0.15) is 0 Å². The number of aryl methyl sites for hydroxylation is 2. The number of carboxylic acids is 3. The summed E-state index contributed by atoms with van der Waals surface area (Å²) < 4.78 is 0. The van der Waals surface area contributed by atoms with Gasteiger partial charge < -0.3 is 29.7 Å². The van der Waals surface area contributed by atoms with Gasteiger partial charge in [-0.15, -0.1) is 0 Å². The summed E-state index contributed by atoms with van der Waals surface area (Å²) in [4.78, 5) is 30.8. The van der Waals surface area contributed by atoms with E-state index < -0.39 is 17.9 Å². The maximum Gasteiger partial charge on any atom is 3.00 e. The topological polar surface area (TPSA) is 133 Å². The SMILES string of the molecule is CC(=O)[O-].CC(=O)[O-].CC(=O)[O-].CCc1ccc(C)nc1.[Cr+3]. The van der Waals surface area contributed by atoms with E-state index in [0.717, 1.165) is 32.9 Å². The van der Waals surface area contributed by atoms with E-state index in [1.165, 1.54) is 5.56 Å². The number of carboxylic acid groups (broad SMARTS) is 3. The maximum absolute atomic E-state index is 8.89. The molecule has 0 aromatic carbocycles. The minimum atomic E-state index is -1.08. The molecule has 0 aliphatic rings. The fourth-order valence-corrected chi connectivity index (χ4v) is 0.708. The van der Waals surface area contributed by atoms with Crippen LogP contribution in [0.1, 0.15) is 39.0 Å². The summed E-state index contributed by atoms with van der Waals surface area (Å²) in [5.74, 6) is -3.25. The number of aromatic nitrogens is 1. The summed E-state index contributed by atoms with van der Waals surface area (Å²) in [5, 5.41) is 26.7. The van der Waals surface area contributed by atoms with Crippen LogP contribution in [0.25, 0.3) is 0 Å². The van der Waals surface area contributed by atoms with Gasteiger partial charge >= 0.3 is 17.4 Å². The second-order valence-corrected chi connectivity index (χ2v) is 3.64. The van der Waals surface area contributed by atoms with Gasteiger partial charge in [0.2, 0.25) is 0 Å². The van der Waals surface area contributed by atoms with Crippen LogP contribution in [0.3, 0.4) is 0 Å². The fourth-order valence-electron chi connectivity index (χ4n) is 0.708. The van der Waals surface area contributed by atoms with Crippen molar-refractivity contribution in [2.24, 2.45) is 0 Å². The monoisotopic (exact) mass is 350 g/mol. The van der Waals surface area contributed by atoms with E-state index in [1.807, 2.05) is 19.2 Å². The van der Waals surface area contributed by atoms with E-state index in [-0.39, 0.29) is 17.4 Å². The van der Waals surface area contributed by atoms with Crippen molar-refractivity contribution in [2.45, 2.75) is 41.0 Å². The smallest absolute Gasteiger partial charge is 0.550 e. The number of nitrogens with zero attached hydrogens (tertiary/aromatic N) is 1. The largest absolute Gasteiger partial charge is 3.00 e. The predicted molar refractivity (Wildman–Crippen MR) is 70.4 cm³/mol. The molecule has 0 saturated carbocycles. The van der Waals surface area contributed by atoms with Crippen molar-refractivity contribution >= 4 is 17.9 Å². The number of hydrogen-bond acceptors (Lipinski definition) is 7. The van der Waals surface area contributed by atoms with Gasteiger partial charge in [0, 0.05) is 29.8 Å². The molecule has 0 unspecified atom stereocenters. The van der Waals surface area contributed by atoms with E-state index >= 15 is 0 Å². The Kier molecular flexibility index (Phi) is 24.5.